The normalized spacial score (nSPS) is 23.5. The van der Waals surface area contributed by atoms with Crippen LogP contribution in [0.15, 0.2) is 18.2 Å². The molecule has 1 saturated carbocycles. The van der Waals surface area contributed by atoms with Gasteiger partial charge in [0.1, 0.15) is 5.78 Å². The Hall–Kier alpha value is -1.35. The van der Waals surface area contributed by atoms with E-state index in [0.717, 1.165) is 76.3 Å². The number of Topliss-reactive ketones (excluding diaryl/α,β-unsaturated/α-hetero) is 1. The molecule has 0 amide bonds. The van der Waals surface area contributed by atoms with Gasteiger partial charge in [-0.2, -0.15) is 33.7 Å². The topological polar surface area (TPSA) is 23.6 Å². The first-order valence-electron chi connectivity index (χ1n) is 21.4. The summed E-state index contributed by atoms with van der Waals surface area (Å²) in [5, 5.41) is 0. The Morgan fingerprint density at radius 2 is 1.51 bits per heavy atom. The van der Waals surface area contributed by atoms with Crippen molar-refractivity contribution in [2.45, 2.75) is 174 Å². The first-order chi connectivity index (χ1) is 25.3. The molecule has 0 radical (unpaired) electrons. The summed E-state index contributed by atoms with van der Waals surface area (Å²) in [7, 11) is 0. The molecule has 1 aromatic carbocycles. The van der Waals surface area contributed by atoms with E-state index in [0.29, 0.717) is 29.3 Å². The number of alkyl halides is 5. The number of ketones is 1. The van der Waals surface area contributed by atoms with E-state index in [1.807, 2.05) is 0 Å². The number of piperidine rings is 2. The van der Waals surface area contributed by atoms with Gasteiger partial charge in [-0.1, -0.05) is 78.2 Å². The fourth-order valence-corrected chi connectivity index (χ4v) is 10.9. The minimum Gasteiger partial charge on any atom is -0.371 e. The first kappa shape index (κ1) is 44.4. The summed E-state index contributed by atoms with van der Waals surface area (Å²) < 4.78 is 63.1. The molecule has 0 N–H and O–H groups in total. The van der Waals surface area contributed by atoms with E-state index < -0.39 is 18.5 Å². The van der Waals surface area contributed by atoms with Gasteiger partial charge in [0, 0.05) is 43.1 Å². The molecule has 0 bridgehead atoms. The number of nitrogens with zero attached hydrogens (tertiary/aromatic N) is 2. The van der Waals surface area contributed by atoms with Crippen molar-refractivity contribution in [1.82, 2.24) is 4.90 Å². The highest BCUT2D eigenvalue weighted by Gasteiger charge is 2.56. The fraction of sp³-hybridized carbons (Fsp3) is 0.841. The van der Waals surface area contributed by atoms with Crippen molar-refractivity contribution >= 4 is 23.2 Å². The summed E-state index contributed by atoms with van der Waals surface area (Å²) >= 11 is 1.49. The van der Waals surface area contributed by atoms with Crippen LogP contribution in [0, 0.1) is 30.1 Å². The van der Waals surface area contributed by atoms with Crippen LogP contribution in [-0.4, -0.2) is 66.5 Å². The molecule has 2 saturated heterocycles. The van der Waals surface area contributed by atoms with Gasteiger partial charge in [-0.15, -0.1) is 0 Å². The molecule has 3 aliphatic rings. The number of hydrogen-bond acceptors (Lipinski definition) is 4. The number of halogens is 5. The van der Waals surface area contributed by atoms with Crippen LogP contribution in [0.3, 0.4) is 0 Å². The number of likely N-dealkylation sites (tertiary alicyclic amines) is 1. The van der Waals surface area contributed by atoms with E-state index in [9.17, 15) is 26.7 Å². The average Bonchev–Trinajstić information content (AvgIpc) is 3.42. The summed E-state index contributed by atoms with van der Waals surface area (Å²) in [4.78, 5) is 18.6. The summed E-state index contributed by atoms with van der Waals surface area (Å²) in [5.74, 6) is -1.48. The standard InChI is InChI=1S/C44H71F5N2OS/c1-5-24-42(4)40(20-21-41(42)52)35(3)36(17-12-9-7-6-8-10-15-30-53-31-16-25-43(45,46)44(47,48)49)32-37-33-39(19-18-34(37)2)51-28-22-38(23-29-51)50-26-13-11-14-27-50/h18-19,33,35-36,38,40H,5-17,20-32H2,1-4H3/t35?,36-,40?,42?/m1/s1. The second-order valence-corrected chi connectivity index (χ2v) is 18.4. The van der Waals surface area contributed by atoms with Gasteiger partial charge in [-0.3, -0.25) is 4.79 Å². The molecule has 304 valence electrons. The van der Waals surface area contributed by atoms with Crippen LogP contribution in [0.2, 0.25) is 0 Å². The van der Waals surface area contributed by atoms with Gasteiger partial charge < -0.3 is 9.80 Å². The third-order valence-corrected chi connectivity index (χ3v) is 14.5. The van der Waals surface area contributed by atoms with Crippen LogP contribution < -0.4 is 4.90 Å². The van der Waals surface area contributed by atoms with E-state index in [1.165, 1.54) is 106 Å². The minimum absolute atomic E-state index is 0.117. The zero-order chi connectivity index (χ0) is 38.5. The molecule has 3 unspecified atom stereocenters. The van der Waals surface area contributed by atoms with Crippen LogP contribution in [0.5, 0.6) is 0 Å². The third kappa shape index (κ3) is 12.8. The lowest BCUT2D eigenvalue weighted by molar-refractivity contribution is -0.284. The highest BCUT2D eigenvalue weighted by molar-refractivity contribution is 7.99. The number of thioether (sulfide) groups is 1. The summed E-state index contributed by atoms with van der Waals surface area (Å²) in [5.41, 5.74) is 4.03. The predicted molar refractivity (Wildman–Crippen MR) is 213 cm³/mol. The van der Waals surface area contributed by atoms with Crippen molar-refractivity contribution in [3.8, 4) is 0 Å². The molecule has 3 nitrogen and oxygen atoms in total. The lowest BCUT2D eigenvalue weighted by Crippen LogP contribution is -2.46. The third-order valence-electron chi connectivity index (χ3n) is 13.4. The van der Waals surface area contributed by atoms with Crippen LogP contribution >= 0.6 is 11.8 Å². The molecule has 4 rings (SSSR count). The van der Waals surface area contributed by atoms with Crippen LogP contribution in [0.1, 0.15) is 154 Å². The Bertz CT molecular complexity index is 1230. The maximum absolute atomic E-state index is 13.2. The van der Waals surface area contributed by atoms with Crippen molar-refractivity contribution in [2.24, 2.45) is 23.2 Å². The van der Waals surface area contributed by atoms with Crippen molar-refractivity contribution in [3.05, 3.63) is 29.3 Å². The van der Waals surface area contributed by atoms with E-state index in [2.05, 4.69) is 55.7 Å². The van der Waals surface area contributed by atoms with E-state index >= 15 is 0 Å². The number of anilines is 1. The zero-order valence-electron chi connectivity index (χ0n) is 33.5. The second kappa shape index (κ2) is 21.3. The van der Waals surface area contributed by atoms with Gasteiger partial charge in [-0.05, 0) is 137 Å². The molecule has 4 atom stereocenters. The lowest BCUT2D eigenvalue weighted by atomic mass is 9.65. The van der Waals surface area contributed by atoms with Gasteiger partial charge in [0.2, 0.25) is 0 Å². The fourth-order valence-electron chi connectivity index (χ4n) is 9.93. The number of rotatable bonds is 22. The highest BCUT2D eigenvalue weighted by atomic mass is 32.2. The number of benzene rings is 1. The lowest BCUT2D eigenvalue weighted by Gasteiger charge is -2.41. The zero-order valence-corrected chi connectivity index (χ0v) is 34.3. The molecule has 0 aromatic heterocycles. The Morgan fingerprint density at radius 3 is 2.17 bits per heavy atom. The number of carbonyl (C=O) groups is 1. The molecule has 2 aliphatic heterocycles. The highest BCUT2D eigenvalue weighted by Crippen LogP contribution is 2.50. The van der Waals surface area contributed by atoms with Gasteiger partial charge in [0.25, 0.3) is 0 Å². The van der Waals surface area contributed by atoms with Crippen molar-refractivity contribution < 1.29 is 26.7 Å². The molecule has 53 heavy (non-hydrogen) atoms. The number of aryl methyl sites for hydroxylation is 1. The molecule has 2 heterocycles. The number of hydrogen-bond donors (Lipinski definition) is 0. The average molecular weight is 771 g/mol. The molecule has 0 spiro atoms. The Labute approximate surface area is 323 Å². The molecular formula is C44H71F5N2OS. The smallest absolute Gasteiger partial charge is 0.371 e. The van der Waals surface area contributed by atoms with Crippen molar-refractivity contribution in [3.63, 3.8) is 0 Å². The maximum Gasteiger partial charge on any atom is 0.453 e. The SMILES string of the molecule is CCCC1(C)C(=O)CCC1C(C)[C@H](CCCCCCCCCSCCCC(F)(F)C(F)(F)F)Cc1cc(N2CCC(N3CCCCC3)CC2)ccc1C. The van der Waals surface area contributed by atoms with Crippen molar-refractivity contribution in [1.29, 1.82) is 0 Å². The first-order valence-corrected chi connectivity index (χ1v) is 22.6. The predicted octanol–water partition coefficient (Wildman–Crippen LogP) is 12.9. The number of carbonyl (C=O) groups excluding carboxylic acids is 1. The Kier molecular flexibility index (Phi) is 17.8. The van der Waals surface area contributed by atoms with E-state index in [-0.39, 0.29) is 11.8 Å². The maximum atomic E-state index is 13.2. The quantitative estimate of drug-likeness (QED) is 0.0865. The van der Waals surface area contributed by atoms with Gasteiger partial charge in [0.05, 0.1) is 0 Å². The van der Waals surface area contributed by atoms with E-state index in [4.69, 9.17) is 0 Å². The summed E-state index contributed by atoms with van der Waals surface area (Å²) in [6, 6.07) is 7.92. The Morgan fingerprint density at radius 1 is 0.868 bits per heavy atom. The van der Waals surface area contributed by atoms with Crippen LogP contribution in [0.25, 0.3) is 0 Å². The molecule has 1 aromatic rings. The summed E-state index contributed by atoms with van der Waals surface area (Å²) in [6.45, 7) is 14.0. The van der Waals surface area contributed by atoms with Gasteiger partial charge in [-0.25, -0.2) is 0 Å². The van der Waals surface area contributed by atoms with Crippen molar-refractivity contribution in [2.75, 3.05) is 42.6 Å². The summed E-state index contributed by atoms with van der Waals surface area (Å²) in [6.07, 6.45) is 13.9. The Balaban J connectivity index is 1.26. The number of unbranched alkanes of at least 4 members (excludes halogenated alkanes) is 6. The molecular weight excluding hydrogens is 700 g/mol. The van der Waals surface area contributed by atoms with Gasteiger partial charge >= 0.3 is 12.1 Å². The largest absolute Gasteiger partial charge is 0.453 e. The monoisotopic (exact) mass is 771 g/mol. The van der Waals surface area contributed by atoms with Crippen LogP contribution in [-0.2, 0) is 11.2 Å². The molecule has 3 fully saturated rings. The van der Waals surface area contributed by atoms with Gasteiger partial charge in [0.15, 0.2) is 0 Å². The van der Waals surface area contributed by atoms with E-state index in [1.54, 1.807) is 0 Å². The molecule has 1 aliphatic carbocycles. The van der Waals surface area contributed by atoms with Crippen LogP contribution in [0.4, 0.5) is 27.6 Å². The minimum atomic E-state index is -5.45. The molecule has 9 heteroatoms. The second-order valence-electron chi connectivity index (χ2n) is 17.2.